The lowest BCUT2D eigenvalue weighted by Gasteiger charge is -2.13. The normalized spacial score (nSPS) is 15.3. The highest BCUT2D eigenvalue weighted by atomic mass is 35.5. The van der Waals surface area contributed by atoms with Gasteiger partial charge in [0, 0.05) is 43.3 Å². The van der Waals surface area contributed by atoms with Crippen LogP contribution >= 0.6 is 35.6 Å². The predicted molar refractivity (Wildman–Crippen MR) is 117 cm³/mol. The molecular weight excluding hydrogens is 452 g/mol. The second-order valence-electron chi connectivity index (χ2n) is 6.31. The fourth-order valence-electron chi connectivity index (χ4n) is 2.81. The molecule has 2 aromatic rings. The number of carboxylic acid groups (broad SMARTS) is 1. The van der Waals surface area contributed by atoms with Gasteiger partial charge in [-0.3, -0.25) is 29.3 Å². The van der Waals surface area contributed by atoms with Crippen LogP contribution in [0.25, 0.3) is 17.3 Å². The van der Waals surface area contributed by atoms with Crippen LogP contribution in [0, 0.1) is 10.1 Å². The summed E-state index contributed by atoms with van der Waals surface area (Å²) in [7, 11) is 1.64. The van der Waals surface area contributed by atoms with Crippen molar-refractivity contribution in [2.24, 2.45) is 7.05 Å². The smallest absolute Gasteiger partial charge is 0.303 e. The van der Waals surface area contributed by atoms with Crippen molar-refractivity contribution in [3.05, 3.63) is 50.0 Å². The molecule has 0 atom stereocenters. The molecule has 0 bridgehead atoms. The summed E-state index contributed by atoms with van der Waals surface area (Å²) < 4.78 is 1.78. The Kier molecular flexibility index (Phi) is 6.54. The molecule has 12 heteroatoms. The van der Waals surface area contributed by atoms with E-state index in [2.05, 4.69) is 5.10 Å². The van der Waals surface area contributed by atoms with Crippen LogP contribution in [0.15, 0.2) is 29.2 Å². The molecule has 1 saturated heterocycles. The third-order valence-electron chi connectivity index (χ3n) is 4.28. The predicted octanol–water partition coefficient (Wildman–Crippen LogP) is 3.71. The summed E-state index contributed by atoms with van der Waals surface area (Å²) in [6, 6.07) is 5.85. The number of aliphatic carboxylic acids is 1. The molecule has 1 aromatic heterocycles. The fourth-order valence-corrected chi connectivity index (χ4v) is 4.29. The minimum atomic E-state index is -0.939. The Morgan fingerprint density at radius 3 is 2.67 bits per heavy atom. The van der Waals surface area contributed by atoms with Gasteiger partial charge in [0.1, 0.15) is 15.2 Å². The molecule has 30 heavy (non-hydrogen) atoms. The number of non-ortho nitro benzene ring substituents is 1. The van der Waals surface area contributed by atoms with Crippen molar-refractivity contribution >= 4 is 63.5 Å². The number of benzene rings is 1. The third-order valence-corrected chi connectivity index (χ3v) is 6.11. The Morgan fingerprint density at radius 1 is 1.40 bits per heavy atom. The Labute approximate surface area is 185 Å². The molecule has 0 saturated carbocycles. The van der Waals surface area contributed by atoms with E-state index >= 15 is 0 Å². The first-order valence-electron chi connectivity index (χ1n) is 8.63. The molecule has 1 aromatic carbocycles. The third kappa shape index (κ3) is 4.53. The highest BCUT2D eigenvalue weighted by Gasteiger charge is 2.32. The van der Waals surface area contributed by atoms with Gasteiger partial charge in [-0.2, -0.15) is 5.10 Å². The molecule has 156 valence electrons. The topological polar surface area (TPSA) is 119 Å². The number of rotatable bonds is 7. The van der Waals surface area contributed by atoms with Crippen LogP contribution in [0.3, 0.4) is 0 Å². The minimum Gasteiger partial charge on any atom is -0.481 e. The number of halogens is 1. The molecule has 1 aliphatic rings. The van der Waals surface area contributed by atoms with Gasteiger partial charge in [0.15, 0.2) is 0 Å². The monoisotopic (exact) mass is 466 g/mol. The van der Waals surface area contributed by atoms with Crippen LogP contribution in [-0.4, -0.2) is 47.5 Å². The molecule has 0 spiro atoms. The van der Waals surface area contributed by atoms with Gasteiger partial charge in [0.2, 0.25) is 0 Å². The van der Waals surface area contributed by atoms with Gasteiger partial charge >= 0.3 is 5.97 Å². The lowest BCUT2D eigenvalue weighted by molar-refractivity contribution is -0.384. The lowest BCUT2D eigenvalue weighted by Crippen LogP contribution is -2.29. The summed E-state index contributed by atoms with van der Waals surface area (Å²) in [4.78, 5) is 35.5. The fraction of sp³-hybridized carbons (Fsp3) is 0.222. The molecule has 0 aliphatic carbocycles. The van der Waals surface area contributed by atoms with E-state index in [4.69, 9.17) is 28.9 Å². The Morgan fingerprint density at radius 2 is 2.07 bits per heavy atom. The molecule has 9 nitrogen and oxygen atoms in total. The second-order valence-corrected chi connectivity index (χ2v) is 8.35. The van der Waals surface area contributed by atoms with E-state index in [1.807, 2.05) is 0 Å². The maximum atomic E-state index is 12.7. The number of nitro groups is 1. The number of hydrogen-bond donors (Lipinski definition) is 1. The number of amides is 1. The second kappa shape index (κ2) is 8.94. The van der Waals surface area contributed by atoms with E-state index < -0.39 is 10.9 Å². The molecule has 1 aliphatic heterocycles. The van der Waals surface area contributed by atoms with Crippen LogP contribution < -0.4 is 0 Å². The summed E-state index contributed by atoms with van der Waals surface area (Å²) in [5, 5.41) is 24.3. The summed E-state index contributed by atoms with van der Waals surface area (Å²) in [5.74, 6) is -1.27. The number of carboxylic acids is 1. The van der Waals surface area contributed by atoms with Crippen LogP contribution in [0.5, 0.6) is 0 Å². The zero-order valence-corrected chi connectivity index (χ0v) is 18.0. The number of nitrogens with zero attached hydrogens (tertiary/aromatic N) is 4. The van der Waals surface area contributed by atoms with Crippen LogP contribution in [0.2, 0.25) is 5.15 Å². The minimum absolute atomic E-state index is 0.0513. The largest absolute Gasteiger partial charge is 0.481 e. The van der Waals surface area contributed by atoms with E-state index in [1.165, 1.54) is 21.7 Å². The number of thioether (sulfide) groups is 1. The number of aryl methyl sites for hydroxylation is 1. The molecule has 1 amide bonds. The van der Waals surface area contributed by atoms with Gasteiger partial charge in [-0.05, 0) is 24.6 Å². The number of carbonyl (C=O) groups is 2. The van der Waals surface area contributed by atoms with Crippen molar-refractivity contribution in [1.29, 1.82) is 0 Å². The van der Waals surface area contributed by atoms with Crippen LogP contribution in [0.1, 0.15) is 18.4 Å². The molecule has 1 fully saturated rings. The number of carbonyl (C=O) groups excluding carboxylic acids is 1. The maximum absolute atomic E-state index is 12.7. The highest BCUT2D eigenvalue weighted by molar-refractivity contribution is 8.26. The maximum Gasteiger partial charge on any atom is 0.303 e. The van der Waals surface area contributed by atoms with Gasteiger partial charge in [0.05, 0.1) is 9.83 Å². The lowest BCUT2D eigenvalue weighted by atomic mass is 10.1. The zero-order chi connectivity index (χ0) is 22.0. The van der Waals surface area contributed by atoms with Crippen molar-refractivity contribution < 1.29 is 19.6 Å². The highest BCUT2D eigenvalue weighted by Crippen LogP contribution is 2.37. The molecule has 3 rings (SSSR count). The zero-order valence-electron chi connectivity index (χ0n) is 15.6. The van der Waals surface area contributed by atoms with Gasteiger partial charge in [-0.15, -0.1) is 0 Å². The molecule has 0 radical (unpaired) electrons. The summed E-state index contributed by atoms with van der Waals surface area (Å²) >= 11 is 12.7. The van der Waals surface area contributed by atoms with Crippen molar-refractivity contribution in [2.45, 2.75) is 12.8 Å². The van der Waals surface area contributed by atoms with Crippen LogP contribution in [-0.2, 0) is 16.6 Å². The van der Waals surface area contributed by atoms with E-state index in [1.54, 1.807) is 25.3 Å². The SMILES string of the molecule is Cn1nc(-c2ccc([N+](=O)[O-])cc2)c(C=C2SC(=S)N(CCCC(=O)O)C2=O)c1Cl. The summed E-state index contributed by atoms with van der Waals surface area (Å²) in [5.41, 5.74) is 1.50. The van der Waals surface area contributed by atoms with Crippen molar-refractivity contribution in [2.75, 3.05) is 6.54 Å². The van der Waals surface area contributed by atoms with Crippen molar-refractivity contribution in [3.63, 3.8) is 0 Å². The van der Waals surface area contributed by atoms with Crippen molar-refractivity contribution in [1.82, 2.24) is 14.7 Å². The Hall–Kier alpha value is -2.76. The number of hydrogen-bond acceptors (Lipinski definition) is 7. The Balaban J connectivity index is 1.92. The Bertz CT molecular complexity index is 1080. The average Bonchev–Trinajstić information content (AvgIpc) is 3.12. The van der Waals surface area contributed by atoms with Crippen LogP contribution in [0.4, 0.5) is 5.69 Å². The average molecular weight is 467 g/mol. The first-order chi connectivity index (χ1) is 14.2. The molecule has 1 N–H and O–H groups in total. The summed E-state index contributed by atoms with van der Waals surface area (Å²) in [6.45, 7) is 0.213. The van der Waals surface area contributed by atoms with Gasteiger partial charge < -0.3 is 5.11 Å². The van der Waals surface area contributed by atoms with E-state index in [0.29, 0.717) is 31.2 Å². The van der Waals surface area contributed by atoms with Gasteiger partial charge in [0.25, 0.3) is 11.6 Å². The molecule has 0 unspecified atom stereocenters. The number of nitro benzene ring substituents is 1. The standard InChI is InChI=1S/C18H15ClN4O5S2/c1-21-16(19)12(15(20-21)10-4-6-11(7-5-10)23(27)28)9-13-17(26)22(18(29)30-13)8-2-3-14(24)25/h4-7,9H,2-3,8H2,1H3,(H,24,25). The molecular formula is C18H15ClN4O5S2. The van der Waals surface area contributed by atoms with Gasteiger partial charge in [-0.1, -0.05) is 35.6 Å². The van der Waals surface area contributed by atoms with Crippen molar-refractivity contribution in [3.8, 4) is 11.3 Å². The molecule has 2 heterocycles. The number of aromatic nitrogens is 2. The first kappa shape index (κ1) is 21.9. The first-order valence-corrected chi connectivity index (χ1v) is 10.2. The van der Waals surface area contributed by atoms with E-state index in [0.717, 1.165) is 11.8 Å². The number of thiocarbonyl (C=S) groups is 1. The van der Waals surface area contributed by atoms with E-state index in [-0.39, 0.29) is 31.0 Å². The quantitative estimate of drug-likeness (QED) is 0.284. The van der Waals surface area contributed by atoms with Gasteiger partial charge in [-0.25, -0.2) is 0 Å². The van der Waals surface area contributed by atoms with E-state index in [9.17, 15) is 19.7 Å². The summed E-state index contributed by atoms with van der Waals surface area (Å²) in [6.07, 6.45) is 1.81.